The van der Waals surface area contributed by atoms with Crippen molar-refractivity contribution < 1.29 is 0 Å². The molecule has 0 amide bonds. The molecular weight excluding hydrogens is 651 g/mol. The third kappa shape index (κ3) is 4.34. The highest BCUT2D eigenvalue weighted by atomic mass is 15.2. The second kappa shape index (κ2) is 11.6. The van der Waals surface area contributed by atoms with Gasteiger partial charge in [-0.05, 0) is 36.4 Å². The Balaban J connectivity index is 1.44. The molecule has 7 heteroatoms. The first-order chi connectivity index (χ1) is 26.3. The molecule has 0 N–H and O–H groups in total. The molecule has 7 aromatic carbocycles. The van der Waals surface area contributed by atoms with Gasteiger partial charge in [0.25, 0.3) is 0 Å². The number of benzene rings is 7. The molecule has 0 unspecified atom stereocenters. The van der Waals surface area contributed by atoms with E-state index in [1.165, 1.54) is 0 Å². The summed E-state index contributed by atoms with van der Waals surface area (Å²) in [6, 6.07) is 58.9. The molecule has 0 aliphatic heterocycles. The Morgan fingerprint density at radius 3 is 1.57 bits per heavy atom. The van der Waals surface area contributed by atoms with Gasteiger partial charge in [0.05, 0.1) is 27.6 Å². The molecule has 0 atom stereocenters. The maximum atomic E-state index is 5.65. The fourth-order valence-corrected chi connectivity index (χ4v) is 8.02. The van der Waals surface area contributed by atoms with Gasteiger partial charge in [-0.15, -0.1) is 0 Å². The first-order valence-corrected chi connectivity index (χ1v) is 17.7. The van der Waals surface area contributed by atoms with Crippen LogP contribution >= 0.6 is 0 Å². The zero-order valence-corrected chi connectivity index (χ0v) is 28.4. The lowest BCUT2D eigenvalue weighted by Gasteiger charge is -2.14. The molecule has 0 saturated heterocycles. The van der Waals surface area contributed by atoms with Crippen LogP contribution in [0.1, 0.15) is 0 Å². The lowest BCUT2D eigenvalue weighted by Crippen LogP contribution is -2.05. The van der Waals surface area contributed by atoms with Gasteiger partial charge in [-0.3, -0.25) is 9.13 Å². The van der Waals surface area contributed by atoms with Gasteiger partial charge < -0.3 is 4.57 Å². The monoisotopic (exact) mass is 679 g/mol. The topological polar surface area (TPSA) is 66.3 Å². The minimum absolute atomic E-state index is 0.537. The summed E-state index contributed by atoms with van der Waals surface area (Å²) in [5.74, 6) is 2.00. The van der Waals surface area contributed by atoms with Crippen molar-refractivity contribution in [3.05, 3.63) is 176 Å². The predicted octanol–water partition coefficient (Wildman–Crippen LogP) is 10.7. The van der Waals surface area contributed by atoms with E-state index in [9.17, 15) is 0 Å². The number of aromatic nitrogens is 7. The van der Waals surface area contributed by atoms with E-state index < -0.39 is 0 Å². The molecule has 248 valence electrons. The fourth-order valence-electron chi connectivity index (χ4n) is 8.02. The Labute approximate surface area is 303 Å². The van der Waals surface area contributed by atoms with Crippen molar-refractivity contribution in [2.75, 3.05) is 0 Å². The maximum Gasteiger partial charge on any atom is 0.238 e. The molecule has 53 heavy (non-hydrogen) atoms. The first kappa shape index (κ1) is 29.4. The van der Waals surface area contributed by atoms with Crippen LogP contribution in [-0.4, -0.2) is 33.6 Å². The number of imidazole rings is 1. The van der Waals surface area contributed by atoms with Gasteiger partial charge in [-0.2, -0.15) is 4.98 Å². The summed E-state index contributed by atoms with van der Waals surface area (Å²) >= 11 is 0. The van der Waals surface area contributed by atoms with Crippen LogP contribution in [0.2, 0.25) is 0 Å². The SMILES string of the molecule is c1ccc(-c2ncnc(-n3c4ccccc4c4c5c(c6ccccc6n5-c5ccccc5)c5nc(-c6ccccc6)n(-c6ccccc6)c5c43)n2)cc1. The van der Waals surface area contributed by atoms with Crippen molar-refractivity contribution in [3.8, 4) is 40.1 Å². The van der Waals surface area contributed by atoms with E-state index in [1.54, 1.807) is 6.33 Å². The quantitative estimate of drug-likeness (QED) is 0.182. The Hall–Kier alpha value is -7.38. The normalized spacial score (nSPS) is 11.8. The highest BCUT2D eigenvalue weighted by molar-refractivity contribution is 6.36. The fraction of sp³-hybridized carbons (Fsp3) is 0. The smallest absolute Gasteiger partial charge is 0.238 e. The standard InChI is InChI=1S/C46H29N7/c1-5-17-30(18-6-1)44-47-29-48-46(50-44)53-37-28-16-14-26-35(37)39-41-38(34-25-13-15-27-36(34)51(41)32-21-9-3-10-22-32)40-43(42(39)53)52(33-23-11-4-12-24-33)45(49-40)31-19-7-2-8-20-31/h1-29H. The second-order valence-corrected chi connectivity index (χ2v) is 13.1. The number of hydrogen-bond acceptors (Lipinski definition) is 4. The van der Waals surface area contributed by atoms with E-state index in [-0.39, 0.29) is 0 Å². The molecule has 0 radical (unpaired) electrons. The van der Waals surface area contributed by atoms with Gasteiger partial charge in [0.15, 0.2) is 5.82 Å². The van der Waals surface area contributed by atoms with Crippen LogP contribution < -0.4 is 0 Å². The van der Waals surface area contributed by atoms with Gasteiger partial charge in [-0.25, -0.2) is 15.0 Å². The minimum atomic E-state index is 0.537. The minimum Gasteiger partial charge on any atom is -0.308 e. The first-order valence-electron chi connectivity index (χ1n) is 17.7. The molecule has 0 saturated carbocycles. The summed E-state index contributed by atoms with van der Waals surface area (Å²) in [7, 11) is 0. The van der Waals surface area contributed by atoms with Gasteiger partial charge >= 0.3 is 0 Å². The van der Waals surface area contributed by atoms with Gasteiger partial charge in [0.2, 0.25) is 5.95 Å². The predicted molar refractivity (Wildman–Crippen MR) is 214 cm³/mol. The molecule has 7 nitrogen and oxygen atoms in total. The molecule has 0 bridgehead atoms. The third-order valence-electron chi connectivity index (χ3n) is 10.2. The Morgan fingerprint density at radius 2 is 0.906 bits per heavy atom. The van der Waals surface area contributed by atoms with Crippen LogP contribution in [0, 0.1) is 0 Å². The molecule has 11 rings (SSSR count). The lowest BCUT2D eigenvalue weighted by molar-refractivity contribution is 0.946. The molecule has 4 heterocycles. The van der Waals surface area contributed by atoms with Gasteiger partial charge in [-0.1, -0.05) is 133 Å². The maximum absolute atomic E-state index is 5.65. The van der Waals surface area contributed by atoms with E-state index in [0.29, 0.717) is 11.8 Å². The van der Waals surface area contributed by atoms with Crippen LogP contribution in [0.3, 0.4) is 0 Å². The summed E-state index contributed by atoms with van der Waals surface area (Å²) in [6.45, 7) is 0. The van der Waals surface area contributed by atoms with Crippen molar-refractivity contribution in [3.63, 3.8) is 0 Å². The molecule has 0 spiro atoms. The summed E-state index contributed by atoms with van der Waals surface area (Å²) in [5, 5.41) is 4.43. The molecule has 11 aromatic rings. The Kier molecular flexibility index (Phi) is 6.42. The van der Waals surface area contributed by atoms with E-state index in [4.69, 9.17) is 15.0 Å². The number of fused-ring (bicyclic) bond motifs is 10. The van der Waals surface area contributed by atoms with Crippen LogP contribution in [-0.2, 0) is 0 Å². The Morgan fingerprint density at radius 1 is 0.377 bits per heavy atom. The molecule has 0 fully saturated rings. The summed E-state index contributed by atoms with van der Waals surface area (Å²) < 4.78 is 6.93. The average molecular weight is 680 g/mol. The average Bonchev–Trinajstić information content (AvgIpc) is 3.91. The van der Waals surface area contributed by atoms with Crippen molar-refractivity contribution in [2.24, 2.45) is 0 Å². The van der Waals surface area contributed by atoms with Crippen molar-refractivity contribution in [1.82, 2.24) is 33.6 Å². The van der Waals surface area contributed by atoms with Crippen molar-refractivity contribution >= 4 is 54.6 Å². The van der Waals surface area contributed by atoms with Gasteiger partial charge in [0.1, 0.15) is 17.7 Å². The molecule has 4 aromatic heterocycles. The lowest BCUT2D eigenvalue weighted by atomic mass is 10.1. The van der Waals surface area contributed by atoms with Crippen LogP contribution in [0.4, 0.5) is 0 Å². The number of rotatable bonds is 5. The van der Waals surface area contributed by atoms with E-state index in [1.807, 2.05) is 36.4 Å². The van der Waals surface area contributed by atoms with Crippen molar-refractivity contribution in [2.45, 2.75) is 0 Å². The zero-order valence-electron chi connectivity index (χ0n) is 28.4. The number of para-hydroxylation sites is 4. The van der Waals surface area contributed by atoms with Crippen LogP contribution in [0.25, 0.3) is 94.7 Å². The summed E-state index contributed by atoms with van der Waals surface area (Å²) in [6.07, 6.45) is 1.62. The second-order valence-electron chi connectivity index (χ2n) is 13.1. The number of hydrogen-bond donors (Lipinski definition) is 0. The van der Waals surface area contributed by atoms with Crippen molar-refractivity contribution in [1.29, 1.82) is 0 Å². The van der Waals surface area contributed by atoms with E-state index >= 15 is 0 Å². The zero-order chi connectivity index (χ0) is 34.9. The van der Waals surface area contributed by atoms with Crippen LogP contribution in [0.15, 0.2) is 176 Å². The largest absolute Gasteiger partial charge is 0.308 e. The van der Waals surface area contributed by atoms with Crippen LogP contribution in [0.5, 0.6) is 0 Å². The molecular formula is C46H29N7. The Bertz CT molecular complexity index is 3140. The highest BCUT2D eigenvalue weighted by Gasteiger charge is 2.29. The summed E-state index contributed by atoms with van der Waals surface area (Å²) in [5.41, 5.74) is 10.1. The highest BCUT2D eigenvalue weighted by Crippen LogP contribution is 2.48. The van der Waals surface area contributed by atoms with E-state index in [0.717, 1.165) is 83.0 Å². The van der Waals surface area contributed by atoms with Gasteiger partial charge in [0, 0.05) is 44.0 Å². The molecule has 0 aliphatic rings. The summed E-state index contributed by atoms with van der Waals surface area (Å²) in [4.78, 5) is 20.3. The third-order valence-corrected chi connectivity index (χ3v) is 10.2. The van der Waals surface area contributed by atoms with E-state index in [2.05, 4.69) is 152 Å². The number of nitrogens with zero attached hydrogens (tertiary/aromatic N) is 7. The molecule has 0 aliphatic carbocycles.